The van der Waals surface area contributed by atoms with Gasteiger partial charge in [0, 0.05) is 25.3 Å². The summed E-state index contributed by atoms with van der Waals surface area (Å²) in [7, 11) is 0. The summed E-state index contributed by atoms with van der Waals surface area (Å²) in [5.74, 6) is 0.715. The van der Waals surface area contributed by atoms with E-state index in [1.54, 1.807) is 12.5 Å². The quantitative estimate of drug-likeness (QED) is 0.895. The molecule has 0 saturated carbocycles. The molecular weight excluding hydrogens is 252 g/mol. The Morgan fingerprint density at radius 1 is 1.35 bits per heavy atom. The second-order valence-electron chi connectivity index (χ2n) is 6.12. The Morgan fingerprint density at radius 2 is 2.05 bits per heavy atom. The molecule has 2 N–H and O–H groups in total. The molecule has 1 atom stereocenters. The third kappa shape index (κ3) is 3.82. The number of piperidine rings is 1. The third-order valence-electron chi connectivity index (χ3n) is 3.86. The van der Waals surface area contributed by atoms with Gasteiger partial charge in [-0.2, -0.15) is 0 Å². The highest BCUT2D eigenvalue weighted by atomic mass is 16.2. The second kappa shape index (κ2) is 6.88. The molecule has 1 aliphatic heterocycles. The summed E-state index contributed by atoms with van der Waals surface area (Å²) in [6.07, 6.45) is 7.89. The monoisotopic (exact) mass is 278 g/mol. The van der Waals surface area contributed by atoms with Gasteiger partial charge in [-0.25, -0.2) is 4.98 Å². The maximum absolute atomic E-state index is 12.3. The van der Waals surface area contributed by atoms with Crippen LogP contribution in [0.25, 0.3) is 0 Å². The minimum atomic E-state index is -0.0494. The summed E-state index contributed by atoms with van der Waals surface area (Å²) in [6, 6.07) is -0.0494. The van der Waals surface area contributed by atoms with Gasteiger partial charge in [0.05, 0.1) is 12.0 Å². The highest BCUT2D eigenvalue weighted by molar-refractivity contribution is 5.76. The van der Waals surface area contributed by atoms with Crippen LogP contribution in [-0.4, -0.2) is 33.4 Å². The van der Waals surface area contributed by atoms with Crippen molar-refractivity contribution in [1.82, 2.24) is 14.5 Å². The van der Waals surface area contributed by atoms with E-state index in [0.717, 1.165) is 38.0 Å². The lowest BCUT2D eigenvalue weighted by Crippen LogP contribution is -2.38. The van der Waals surface area contributed by atoms with Crippen LogP contribution in [0.1, 0.15) is 51.3 Å². The maximum Gasteiger partial charge on any atom is 0.242 e. The predicted octanol–water partition coefficient (Wildman–Crippen LogP) is 1.94. The average molecular weight is 278 g/mol. The molecule has 1 unspecified atom stereocenters. The highest BCUT2D eigenvalue weighted by Gasteiger charge is 2.19. The Hall–Kier alpha value is -1.36. The first-order valence-electron chi connectivity index (χ1n) is 7.61. The number of rotatable bonds is 5. The van der Waals surface area contributed by atoms with E-state index in [1.807, 2.05) is 9.47 Å². The van der Waals surface area contributed by atoms with E-state index in [0.29, 0.717) is 12.5 Å². The molecule has 0 aliphatic carbocycles. The van der Waals surface area contributed by atoms with E-state index < -0.39 is 0 Å². The summed E-state index contributed by atoms with van der Waals surface area (Å²) in [4.78, 5) is 18.4. The molecule has 2 rings (SSSR count). The van der Waals surface area contributed by atoms with Crippen molar-refractivity contribution in [3.63, 3.8) is 0 Å². The van der Waals surface area contributed by atoms with Gasteiger partial charge in [0.25, 0.3) is 0 Å². The lowest BCUT2D eigenvalue weighted by atomic mass is 10.0. The number of carbonyl (C=O) groups is 1. The van der Waals surface area contributed by atoms with Crippen LogP contribution in [0, 0.1) is 5.92 Å². The fraction of sp³-hybridized carbons (Fsp3) is 0.733. The van der Waals surface area contributed by atoms with Crippen LogP contribution in [0.4, 0.5) is 0 Å². The van der Waals surface area contributed by atoms with E-state index in [9.17, 15) is 4.79 Å². The average Bonchev–Trinajstić information content (AvgIpc) is 2.87. The zero-order valence-corrected chi connectivity index (χ0v) is 12.6. The Bertz CT molecular complexity index is 435. The molecule has 0 radical (unpaired) electrons. The molecule has 1 amide bonds. The van der Waals surface area contributed by atoms with E-state index in [-0.39, 0.29) is 11.9 Å². The molecule has 0 spiro atoms. The first kappa shape index (κ1) is 15.0. The molecule has 1 aromatic rings. The molecule has 0 bridgehead atoms. The van der Waals surface area contributed by atoms with Crippen LogP contribution >= 0.6 is 0 Å². The number of hydrogen-bond acceptors (Lipinski definition) is 3. The minimum Gasteiger partial charge on any atom is -0.341 e. The van der Waals surface area contributed by atoms with Crippen molar-refractivity contribution in [2.45, 2.75) is 52.1 Å². The van der Waals surface area contributed by atoms with Gasteiger partial charge in [-0.05, 0) is 31.6 Å². The number of nitrogens with two attached hydrogens (primary N) is 1. The molecule has 1 aromatic heterocycles. The normalized spacial score (nSPS) is 17.5. The number of nitrogens with zero attached hydrogens (tertiary/aromatic N) is 3. The first-order valence-corrected chi connectivity index (χ1v) is 7.61. The molecule has 20 heavy (non-hydrogen) atoms. The number of hydrogen-bond donors (Lipinski definition) is 1. The topological polar surface area (TPSA) is 64.1 Å². The summed E-state index contributed by atoms with van der Waals surface area (Å²) >= 11 is 0. The molecule has 2 heterocycles. The van der Waals surface area contributed by atoms with Crippen molar-refractivity contribution < 1.29 is 4.79 Å². The zero-order valence-electron chi connectivity index (χ0n) is 12.6. The lowest BCUT2D eigenvalue weighted by Gasteiger charge is -2.27. The molecule has 112 valence electrons. The third-order valence-corrected chi connectivity index (χ3v) is 3.86. The largest absolute Gasteiger partial charge is 0.341 e. The second-order valence-corrected chi connectivity index (χ2v) is 6.12. The standard InChI is InChI=1S/C15H26N4O/c1-12(2)8-13(16)14-9-17-11-19(14)10-15(20)18-6-4-3-5-7-18/h9,11-13H,3-8,10,16H2,1-2H3. The van der Waals surface area contributed by atoms with Gasteiger partial charge in [0.1, 0.15) is 6.54 Å². The summed E-state index contributed by atoms with van der Waals surface area (Å²) < 4.78 is 1.91. The van der Waals surface area contributed by atoms with E-state index in [2.05, 4.69) is 18.8 Å². The van der Waals surface area contributed by atoms with Gasteiger partial charge >= 0.3 is 0 Å². The van der Waals surface area contributed by atoms with Crippen LogP contribution in [-0.2, 0) is 11.3 Å². The van der Waals surface area contributed by atoms with Crippen molar-refractivity contribution >= 4 is 5.91 Å². The van der Waals surface area contributed by atoms with Crippen molar-refractivity contribution in [2.75, 3.05) is 13.1 Å². The Kier molecular flexibility index (Phi) is 5.17. The van der Waals surface area contributed by atoms with Crippen molar-refractivity contribution in [3.05, 3.63) is 18.2 Å². The smallest absolute Gasteiger partial charge is 0.242 e. The summed E-state index contributed by atoms with van der Waals surface area (Å²) in [6.45, 7) is 6.45. The van der Waals surface area contributed by atoms with E-state index >= 15 is 0 Å². The van der Waals surface area contributed by atoms with Crippen molar-refractivity contribution in [2.24, 2.45) is 11.7 Å². The van der Waals surface area contributed by atoms with Crippen LogP contribution in [0.15, 0.2) is 12.5 Å². The van der Waals surface area contributed by atoms with Gasteiger partial charge < -0.3 is 15.2 Å². The number of imidazole rings is 1. The molecule has 0 aromatic carbocycles. The van der Waals surface area contributed by atoms with Crippen molar-refractivity contribution in [3.8, 4) is 0 Å². The molecule has 5 nitrogen and oxygen atoms in total. The SMILES string of the molecule is CC(C)CC(N)c1cncn1CC(=O)N1CCCCC1. The van der Waals surface area contributed by atoms with Crippen LogP contribution in [0.2, 0.25) is 0 Å². The molecule has 1 saturated heterocycles. The fourth-order valence-electron chi connectivity index (χ4n) is 2.79. The molecule has 5 heteroatoms. The van der Waals surface area contributed by atoms with Crippen LogP contribution in [0.3, 0.4) is 0 Å². The number of carbonyl (C=O) groups excluding carboxylic acids is 1. The predicted molar refractivity (Wildman–Crippen MR) is 79.0 cm³/mol. The fourth-order valence-corrected chi connectivity index (χ4v) is 2.79. The Balaban J connectivity index is 1.99. The number of likely N-dealkylation sites (tertiary alicyclic amines) is 1. The van der Waals surface area contributed by atoms with Gasteiger partial charge in [0.2, 0.25) is 5.91 Å². The Morgan fingerprint density at radius 3 is 2.70 bits per heavy atom. The minimum absolute atomic E-state index is 0.0494. The summed E-state index contributed by atoms with van der Waals surface area (Å²) in [5, 5.41) is 0. The van der Waals surface area contributed by atoms with E-state index in [4.69, 9.17) is 5.73 Å². The summed E-state index contributed by atoms with van der Waals surface area (Å²) in [5.41, 5.74) is 7.17. The van der Waals surface area contributed by atoms with Gasteiger partial charge in [0.15, 0.2) is 0 Å². The van der Waals surface area contributed by atoms with E-state index in [1.165, 1.54) is 6.42 Å². The van der Waals surface area contributed by atoms with Gasteiger partial charge in [-0.1, -0.05) is 13.8 Å². The molecule has 1 fully saturated rings. The number of amides is 1. The first-order chi connectivity index (χ1) is 9.58. The molecular formula is C15H26N4O. The van der Waals surface area contributed by atoms with Gasteiger partial charge in [-0.15, -0.1) is 0 Å². The maximum atomic E-state index is 12.3. The number of aromatic nitrogens is 2. The van der Waals surface area contributed by atoms with Crippen molar-refractivity contribution in [1.29, 1.82) is 0 Å². The Labute approximate surface area is 121 Å². The zero-order chi connectivity index (χ0) is 14.5. The lowest BCUT2D eigenvalue weighted by molar-refractivity contribution is -0.132. The van der Waals surface area contributed by atoms with Crippen LogP contribution < -0.4 is 5.73 Å². The van der Waals surface area contributed by atoms with Crippen LogP contribution in [0.5, 0.6) is 0 Å². The highest BCUT2D eigenvalue weighted by Crippen LogP contribution is 2.19. The van der Waals surface area contributed by atoms with Gasteiger partial charge in [-0.3, -0.25) is 4.79 Å². The molecule has 1 aliphatic rings.